The van der Waals surface area contributed by atoms with Crippen molar-refractivity contribution in [2.24, 2.45) is 0 Å². The van der Waals surface area contributed by atoms with E-state index in [4.69, 9.17) is 18.9 Å². The van der Waals surface area contributed by atoms with Crippen molar-refractivity contribution in [3.05, 3.63) is 47.5 Å². The molecule has 0 aliphatic rings. The molecular weight excluding hydrogens is 332 g/mol. The predicted octanol–water partition coefficient (Wildman–Crippen LogP) is 3.47. The van der Waals surface area contributed by atoms with Crippen LogP contribution in [0.5, 0.6) is 23.0 Å². The topological polar surface area (TPSA) is 72.7 Å². The Hall–Kier alpha value is -2.91. The second-order valence-electron chi connectivity index (χ2n) is 5.48. The highest BCUT2D eigenvalue weighted by Crippen LogP contribution is 2.31. The molecule has 1 atom stereocenters. The molecule has 0 spiro atoms. The first kappa shape index (κ1) is 19.4. The number of rotatable bonds is 9. The van der Waals surface area contributed by atoms with Gasteiger partial charge in [-0.15, -0.1) is 0 Å². The minimum Gasteiger partial charge on any atom is -0.493 e. The molecule has 0 aliphatic heterocycles. The van der Waals surface area contributed by atoms with Crippen LogP contribution in [0.15, 0.2) is 36.4 Å². The Morgan fingerprint density at radius 1 is 0.923 bits per heavy atom. The summed E-state index contributed by atoms with van der Waals surface area (Å²) in [6, 6.07) is 13.0. The van der Waals surface area contributed by atoms with Crippen molar-refractivity contribution in [3.8, 4) is 29.1 Å². The van der Waals surface area contributed by atoms with E-state index >= 15 is 0 Å². The van der Waals surface area contributed by atoms with Crippen LogP contribution in [-0.2, 0) is 6.54 Å². The Morgan fingerprint density at radius 3 is 2.19 bits per heavy atom. The van der Waals surface area contributed by atoms with Crippen molar-refractivity contribution in [2.75, 3.05) is 27.9 Å². The summed E-state index contributed by atoms with van der Waals surface area (Å²) >= 11 is 0. The van der Waals surface area contributed by atoms with Crippen LogP contribution in [0.3, 0.4) is 0 Å². The summed E-state index contributed by atoms with van der Waals surface area (Å²) in [6.07, 6.45) is 0. The van der Waals surface area contributed by atoms with Gasteiger partial charge in [-0.25, -0.2) is 0 Å². The van der Waals surface area contributed by atoms with E-state index in [1.165, 1.54) is 0 Å². The van der Waals surface area contributed by atoms with E-state index in [2.05, 4.69) is 11.4 Å². The van der Waals surface area contributed by atoms with Crippen LogP contribution in [0.1, 0.15) is 24.1 Å². The van der Waals surface area contributed by atoms with Crippen LogP contribution < -0.4 is 24.3 Å². The van der Waals surface area contributed by atoms with Gasteiger partial charge in [-0.1, -0.05) is 12.1 Å². The van der Waals surface area contributed by atoms with Crippen LogP contribution in [0, 0.1) is 11.3 Å². The summed E-state index contributed by atoms with van der Waals surface area (Å²) in [5.74, 6) is 2.60. The lowest BCUT2D eigenvalue weighted by Gasteiger charge is -2.16. The van der Waals surface area contributed by atoms with Crippen molar-refractivity contribution in [2.45, 2.75) is 19.5 Å². The largest absolute Gasteiger partial charge is 0.493 e. The zero-order chi connectivity index (χ0) is 18.9. The standard InChI is InChI=1S/C20H24N2O4/c1-5-26-18-9-7-15(11-20(18)25-4)16(12-21)22-13-14-6-8-17(23-2)19(10-14)24-3/h6-11,16,22H,5,13H2,1-4H3. The summed E-state index contributed by atoms with van der Waals surface area (Å²) in [4.78, 5) is 0. The molecule has 0 fully saturated rings. The average molecular weight is 356 g/mol. The number of ether oxygens (including phenoxy) is 4. The Labute approximate surface area is 154 Å². The van der Waals surface area contributed by atoms with Crippen LogP contribution in [0.2, 0.25) is 0 Å². The first-order chi connectivity index (χ1) is 12.7. The Balaban J connectivity index is 2.14. The minimum absolute atomic E-state index is 0.479. The normalized spacial score (nSPS) is 11.3. The first-order valence-corrected chi connectivity index (χ1v) is 8.31. The van der Waals surface area contributed by atoms with E-state index in [1.54, 1.807) is 21.3 Å². The molecular formula is C20H24N2O4. The molecule has 0 radical (unpaired) electrons. The van der Waals surface area contributed by atoms with Gasteiger partial charge >= 0.3 is 0 Å². The lowest BCUT2D eigenvalue weighted by molar-refractivity contribution is 0.310. The SMILES string of the molecule is CCOc1ccc(C(C#N)NCc2ccc(OC)c(OC)c2)cc1OC. The van der Waals surface area contributed by atoms with Crippen molar-refractivity contribution in [3.63, 3.8) is 0 Å². The van der Waals surface area contributed by atoms with Crippen LogP contribution in [0.25, 0.3) is 0 Å². The van der Waals surface area contributed by atoms with Crippen LogP contribution in [0.4, 0.5) is 0 Å². The maximum absolute atomic E-state index is 9.55. The molecule has 6 heteroatoms. The molecule has 1 unspecified atom stereocenters. The van der Waals surface area contributed by atoms with Gasteiger partial charge in [0.2, 0.25) is 0 Å². The average Bonchev–Trinajstić information content (AvgIpc) is 2.69. The number of nitrogens with one attached hydrogen (secondary N) is 1. The maximum atomic E-state index is 9.55. The molecule has 138 valence electrons. The third-order valence-electron chi connectivity index (χ3n) is 3.91. The number of hydrogen-bond acceptors (Lipinski definition) is 6. The second-order valence-corrected chi connectivity index (χ2v) is 5.48. The highest BCUT2D eigenvalue weighted by atomic mass is 16.5. The molecule has 2 rings (SSSR count). The molecule has 26 heavy (non-hydrogen) atoms. The van der Waals surface area contributed by atoms with E-state index in [0.29, 0.717) is 36.1 Å². The number of hydrogen-bond donors (Lipinski definition) is 1. The summed E-state index contributed by atoms with van der Waals surface area (Å²) < 4.78 is 21.4. The monoisotopic (exact) mass is 356 g/mol. The minimum atomic E-state index is -0.479. The summed E-state index contributed by atoms with van der Waals surface area (Å²) in [5.41, 5.74) is 1.80. The van der Waals surface area contributed by atoms with Crippen molar-refractivity contribution in [1.29, 1.82) is 5.26 Å². The molecule has 1 N–H and O–H groups in total. The van der Waals surface area contributed by atoms with Gasteiger partial charge in [0.05, 0.1) is 34.0 Å². The molecule has 2 aromatic carbocycles. The number of benzene rings is 2. The van der Waals surface area contributed by atoms with Gasteiger partial charge in [-0.05, 0) is 42.3 Å². The van der Waals surface area contributed by atoms with Gasteiger partial charge in [0.1, 0.15) is 6.04 Å². The van der Waals surface area contributed by atoms with Gasteiger partial charge in [0.15, 0.2) is 23.0 Å². The second kappa shape index (κ2) is 9.54. The van der Waals surface area contributed by atoms with E-state index in [-0.39, 0.29) is 0 Å². The van der Waals surface area contributed by atoms with Crippen molar-refractivity contribution >= 4 is 0 Å². The van der Waals surface area contributed by atoms with Gasteiger partial charge in [0, 0.05) is 6.54 Å². The van der Waals surface area contributed by atoms with Crippen molar-refractivity contribution in [1.82, 2.24) is 5.32 Å². The molecule has 0 saturated carbocycles. The van der Waals surface area contributed by atoms with E-state index < -0.39 is 6.04 Å². The summed E-state index contributed by atoms with van der Waals surface area (Å²) in [7, 11) is 4.78. The summed E-state index contributed by atoms with van der Waals surface area (Å²) in [6.45, 7) is 2.97. The molecule has 2 aromatic rings. The third-order valence-corrected chi connectivity index (χ3v) is 3.91. The zero-order valence-electron chi connectivity index (χ0n) is 15.5. The lowest BCUT2D eigenvalue weighted by Crippen LogP contribution is -2.19. The van der Waals surface area contributed by atoms with E-state index in [0.717, 1.165) is 11.1 Å². The lowest BCUT2D eigenvalue weighted by atomic mass is 10.1. The molecule has 0 saturated heterocycles. The predicted molar refractivity (Wildman–Crippen MR) is 98.9 cm³/mol. The zero-order valence-corrected chi connectivity index (χ0v) is 15.5. The Bertz CT molecular complexity index is 771. The maximum Gasteiger partial charge on any atom is 0.161 e. The van der Waals surface area contributed by atoms with E-state index in [1.807, 2.05) is 43.3 Å². The van der Waals surface area contributed by atoms with Gasteiger partial charge < -0.3 is 18.9 Å². The van der Waals surface area contributed by atoms with Crippen LogP contribution >= 0.6 is 0 Å². The Morgan fingerprint density at radius 2 is 1.58 bits per heavy atom. The fraction of sp³-hybridized carbons (Fsp3) is 0.350. The van der Waals surface area contributed by atoms with Gasteiger partial charge in [-0.2, -0.15) is 5.26 Å². The van der Waals surface area contributed by atoms with Gasteiger partial charge in [-0.3, -0.25) is 5.32 Å². The number of nitriles is 1. The highest BCUT2D eigenvalue weighted by Gasteiger charge is 2.14. The summed E-state index contributed by atoms with van der Waals surface area (Å²) in [5, 5.41) is 12.8. The molecule has 0 aromatic heterocycles. The molecule has 0 bridgehead atoms. The van der Waals surface area contributed by atoms with E-state index in [9.17, 15) is 5.26 Å². The first-order valence-electron chi connectivity index (χ1n) is 8.31. The third kappa shape index (κ3) is 4.58. The fourth-order valence-electron chi connectivity index (χ4n) is 2.59. The smallest absolute Gasteiger partial charge is 0.161 e. The highest BCUT2D eigenvalue weighted by molar-refractivity contribution is 5.45. The molecule has 6 nitrogen and oxygen atoms in total. The van der Waals surface area contributed by atoms with Crippen LogP contribution in [-0.4, -0.2) is 27.9 Å². The molecule has 0 amide bonds. The Kier molecular flexibility index (Phi) is 7.12. The quantitative estimate of drug-likeness (QED) is 0.742. The fourth-order valence-corrected chi connectivity index (χ4v) is 2.59. The molecule has 0 aliphatic carbocycles. The number of nitrogens with zero attached hydrogens (tertiary/aromatic N) is 1. The molecule has 0 heterocycles. The number of methoxy groups -OCH3 is 3. The van der Waals surface area contributed by atoms with Crippen molar-refractivity contribution < 1.29 is 18.9 Å². The van der Waals surface area contributed by atoms with Gasteiger partial charge in [0.25, 0.3) is 0 Å².